The van der Waals surface area contributed by atoms with Crippen molar-refractivity contribution in [1.82, 2.24) is 5.32 Å². The van der Waals surface area contributed by atoms with Gasteiger partial charge in [0.1, 0.15) is 5.75 Å². The van der Waals surface area contributed by atoms with Crippen LogP contribution in [0, 0.1) is 20.8 Å². The molecule has 0 aliphatic heterocycles. The van der Waals surface area contributed by atoms with Crippen LogP contribution < -0.4 is 10.1 Å². The molecule has 0 aliphatic rings. The molecule has 0 fully saturated rings. The zero-order valence-corrected chi connectivity index (χ0v) is 13.7. The molecular formula is C19H25NO. The number of nitrogens with one attached hydrogen (secondary N) is 1. The molecule has 2 rings (SSSR count). The number of benzene rings is 2. The summed E-state index contributed by atoms with van der Waals surface area (Å²) in [7, 11) is 1.74. The van der Waals surface area contributed by atoms with E-state index in [9.17, 15) is 0 Å². The highest BCUT2D eigenvalue weighted by molar-refractivity contribution is 5.48. The Labute approximate surface area is 128 Å². The second-order valence-corrected chi connectivity index (χ2v) is 5.54. The molecule has 1 N–H and O–H groups in total. The SMILES string of the molecule is CCNC(c1cc(C)ccc1OC)c1c(C)cccc1C. The van der Waals surface area contributed by atoms with Gasteiger partial charge in [0.2, 0.25) is 0 Å². The Morgan fingerprint density at radius 1 is 1.05 bits per heavy atom. The molecule has 2 heteroatoms. The molecule has 0 heterocycles. The van der Waals surface area contributed by atoms with Crippen LogP contribution in [0.4, 0.5) is 0 Å². The van der Waals surface area contributed by atoms with Crippen LogP contribution in [0.5, 0.6) is 5.75 Å². The fraction of sp³-hybridized carbons (Fsp3) is 0.368. The molecule has 0 radical (unpaired) electrons. The summed E-state index contributed by atoms with van der Waals surface area (Å²) in [5, 5.41) is 3.62. The Bertz CT molecular complexity index is 599. The predicted octanol–water partition coefficient (Wildman–Crippen LogP) is 4.32. The number of methoxy groups -OCH3 is 1. The van der Waals surface area contributed by atoms with Gasteiger partial charge in [-0.25, -0.2) is 0 Å². The fourth-order valence-electron chi connectivity index (χ4n) is 2.93. The quantitative estimate of drug-likeness (QED) is 0.882. The molecule has 0 saturated carbocycles. The van der Waals surface area contributed by atoms with E-state index < -0.39 is 0 Å². The van der Waals surface area contributed by atoms with Gasteiger partial charge in [-0.05, 0) is 50.1 Å². The van der Waals surface area contributed by atoms with Crippen molar-refractivity contribution in [2.24, 2.45) is 0 Å². The number of hydrogen-bond donors (Lipinski definition) is 1. The molecule has 0 aliphatic carbocycles. The van der Waals surface area contributed by atoms with E-state index in [-0.39, 0.29) is 6.04 Å². The lowest BCUT2D eigenvalue weighted by atomic mass is 9.90. The summed E-state index contributed by atoms with van der Waals surface area (Å²) in [6.45, 7) is 9.53. The maximum Gasteiger partial charge on any atom is 0.123 e. The van der Waals surface area contributed by atoms with Gasteiger partial charge in [-0.1, -0.05) is 42.8 Å². The normalized spacial score (nSPS) is 12.2. The Hall–Kier alpha value is -1.80. The first-order chi connectivity index (χ1) is 10.1. The van der Waals surface area contributed by atoms with Crippen LogP contribution in [-0.2, 0) is 0 Å². The first kappa shape index (κ1) is 15.6. The van der Waals surface area contributed by atoms with Crippen LogP contribution in [0.25, 0.3) is 0 Å². The molecule has 0 amide bonds. The second-order valence-electron chi connectivity index (χ2n) is 5.54. The summed E-state index contributed by atoms with van der Waals surface area (Å²) in [5.41, 5.74) is 6.42. The number of hydrogen-bond acceptors (Lipinski definition) is 2. The smallest absolute Gasteiger partial charge is 0.123 e. The fourth-order valence-corrected chi connectivity index (χ4v) is 2.93. The van der Waals surface area contributed by atoms with Crippen LogP contribution >= 0.6 is 0 Å². The third-order valence-electron chi connectivity index (χ3n) is 3.94. The van der Waals surface area contributed by atoms with Crippen molar-refractivity contribution in [2.75, 3.05) is 13.7 Å². The van der Waals surface area contributed by atoms with E-state index in [1.807, 2.05) is 0 Å². The van der Waals surface area contributed by atoms with E-state index in [0.717, 1.165) is 12.3 Å². The van der Waals surface area contributed by atoms with Gasteiger partial charge in [0, 0.05) is 5.56 Å². The first-order valence-electron chi connectivity index (χ1n) is 7.52. The molecule has 0 bridgehead atoms. The van der Waals surface area contributed by atoms with Crippen molar-refractivity contribution in [2.45, 2.75) is 33.7 Å². The monoisotopic (exact) mass is 283 g/mol. The lowest BCUT2D eigenvalue weighted by Crippen LogP contribution is -2.24. The van der Waals surface area contributed by atoms with Crippen molar-refractivity contribution in [3.8, 4) is 5.75 Å². The standard InChI is InChI=1S/C19H25NO/c1-6-20-19(18-14(3)8-7-9-15(18)4)16-12-13(2)10-11-17(16)21-5/h7-12,19-20H,6H2,1-5H3. The Morgan fingerprint density at radius 3 is 2.29 bits per heavy atom. The van der Waals surface area contributed by atoms with Crippen LogP contribution in [-0.4, -0.2) is 13.7 Å². The minimum atomic E-state index is 0.158. The van der Waals surface area contributed by atoms with Crippen molar-refractivity contribution in [3.05, 3.63) is 64.2 Å². The number of ether oxygens (including phenoxy) is 1. The lowest BCUT2D eigenvalue weighted by Gasteiger charge is -2.25. The largest absolute Gasteiger partial charge is 0.496 e. The number of aryl methyl sites for hydroxylation is 3. The third kappa shape index (κ3) is 3.27. The van der Waals surface area contributed by atoms with Crippen LogP contribution in [0.3, 0.4) is 0 Å². The van der Waals surface area contributed by atoms with E-state index in [1.165, 1.54) is 27.8 Å². The van der Waals surface area contributed by atoms with Crippen molar-refractivity contribution < 1.29 is 4.74 Å². The molecular weight excluding hydrogens is 258 g/mol. The van der Waals surface area contributed by atoms with Crippen LogP contribution in [0.1, 0.15) is 40.8 Å². The lowest BCUT2D eigenvalue weighted by molar-refractivity contribution is 0.404. The zero-order chi connectivity index (χ0) is 15.4. The third-order valence-corrected chi connectivity index (χ3v) is 3.94. The van der Waals surface area contributed by atoms with E-state index >= 15 is 0 Å². The molecule has 1 unspecified atom stereocenters. The van der Waals surface area contributed by atoms with E-state index in [0.29, 0.717) is 0 Å². The van der Waals surface area contributed by atoms with E-state index in [1.54, 1.807) is 7.11 Å². The highest BCUT2D eigenvalue weighted by Gasteiger charge is 2.20. The van der Waals surface area contributed by atoms with E-state index in [4.69, 9.17) is 4.74 Å². The molecule has 0 aromatic heterocycles. The van der Waals surface area contributed by atoms with Crippen molar-refractivity contribution in [3.63, 3.8) is 0 Å². The highest BCUT2D eigenvalue weighted by atomic mass is 16.5. The molecule has 0 saturated heterocycles. The number of rotatable bonds is 5. The summed E-state index contributed by atoms with van der Waals surface area (Å²) in [4.78, 5) is 0. The van der Waals surface area contributed by atoms with Crippen molar-refractivity contribution in [1.29, 1.82) is 0 Å². The first-order valence-corrected chi connectivity index (χ1v) is 7.52. The van der Waals surface area contributed by atoms with E-state index in [2.05, 4.69) is 69.4 Å². The van der Waals surface area contributed by atoms with Gasteiger partial charge in [-0.15, -0.1) is 0 Å². The van der Waals surface area contributed by atoms with Crippen LogP contribution in [0.15, 0.2) is 36.4 Å². The predicted molar refractivity (Wildman–Crippen MR) is 89.2 cm³/mol. The molecule has 1 atom stereocenters. The van der Waals surface area contributed by atoms with Gasteiger partial charge < -0.3 is 10.1 Å². The summed E-state index contributed by atoms with van der Waals surface area (Å²) < 4.78 is 5.59. The van der Waals surface area contributed by atoms with Gasteiger partial charge in [0.05, 0.1) is 13.2 Å². The summed E-state index contributed by atoms with van der Waals surface area (Å²) in [6, 6.07) is 13.0. The minimum Gasteiger partial charge on any atom is -0.496 e. The molecule has 2 aromatic carbocycles. The molecule has 2 nitrogen and oxygen atoms in total. The minimum absolute atomic E-state index is 0.158. The van der Waals surface area contributed by atoms with Gasteiger partial charge in [0.15, 0.2) is 0 Å². The topological polar surface area (TPSA) is 21.3 Å². The highest BCUT2D eigenvalue weighted by Crippen LogP contribution is 2.34. The molecule has 21 heavy (non-hydrogen) atoms. The molecule has 112 valence electrons. The van der Waals surface area contributed by atoms with Gasteiger partial charge in [-0.3, -0.25) is 0 Å². The Balaban J connectivity index is 2.61. The second kappa shape index (κ2) is 6.77. The molecule has 0 spiro atoms. The van der Waals surface area contributed by atoms with Gasteiger partial charge in [-0.2, -0.15) is 0 Å². The summed E-state index contributed by atoms with van der Waals surface area (Å²) >= 11 is 0. The maximum absolute atomic E-state index is 5.59. The Morgan fingerprint density at radius 2 is 1.71 bits per heavy atom. The summed E-state index contributed by atoms with van der Waals surface area (Å²) in [6.07, 6.45) is 0. The molecule has 2 aromatic rings. The van der Waals surface area contributed by atoms with Crippen molar-refractivity contribution >= 4 is 0 Å². The van der Waals surface area contributed by atoms with Gasteiger partial charge in [0.25, 0.3) is 0 Å². The summed E-state index contributed by atoms with van der Waals surface area (Å²) in [5.74, 6) is 0.939. The maximum atomic E-state index is 5.59. The Kier molecular flexibility index (Phi) is 5.03. The zero-order valence-electron chi connectivity index (χ0n) is 13.7. The average molecular weight is 283 g/mol. The average Bonchev–Trinajstić information content (AvgIpc) is 2.46. The van der Waals surface area contributed by atoms with Gasteiger partial charge >= 0.3 is 0 Å². The van der Waals surface area contributed by atoms with Crippen LogP contribution in [0.2, 0.25) is 0 Å².